The molecule has 0 amide bonds. The number of halogens is 1. The highest BCUT2D eigenvalue weighted by Gasteiger charge is 2.18. The molecule has 2 aromatic rings. The molecule has 3 heterocycles. The molecule has 3 rings (SSSR count). The first-order valence-electron chi connectivity index (χ1n) is 5.03. The van der Waals surface area contributed by atoms with Crippen LogP contribution >= 0.6 is 23.7 Å². The van der Waals surface area contributed by atoms with Gasteiger partial charge in [0.2, 0.25) is 0 Å². The highest BCUT2D eigenvalue weighted by atomic mass is 35.5. The summed E-state index contributed by atoms with van der Waals surface area (Å²) in [5.74, 6) is 1.05. The van der Waals surface area contributed by atoms with Gasteiger partial charge < -0.3 is 9.42 Å². The Kier molecular flexibility index (Phi) is 3.17. The monoisotopic (exact) mass is 244 g/mol. The molecule has 2 aromatic heterocycles. The zero-order chi connectivity index (χ0) is 9.38. The van der Waals surface area contributed by atoms with Crippen molar-refractivity contribution in [1.29, 1.82) is 0 Å². The molecule has 82 valence electrons. The van der Waals surface area contributed by atoms with Crippen molar-refractivity contribution in [3.05, 3.63) is 11.4 Å². The van der Waals surface area contributed by atoms with Crippen molar-refractivity contribution in [1.82, 2.24) is 5.16 Å². The van der Waals surface area contributed by atoms with E-state index in [1.807, 2.05) is 6.07 Å². The third-order valence-electron chi connectivity index (χ3n) is 2.72. The van der Waals surface area contributed by atoms with E-state index < -0.39 is 0 Å². The molecular weight excluding hydrogens is 232 g/mol. The lowest BCUT2D eigenvalue weighted by molar-refractivity contribution is 0.450. The van der Waals surface area contributed by atoms with Crippen LogP contribution in [0, 0.1) is 0 Å². The van der Waals surface area contributed by atoms with Crippen molar-refractivity contribution in [2.45, 2.75) is 19.3 Å². The standard InChI is InChI=1S/C10H12N2OS.ClH/c1-2-5-12(6-3-1)10-9-8(13-11-10)4-7-14-9;/h4,7H,1-3,5-6H2;1H. The summed E-state index contributed by atoms with van der Waals surface area (Å²) in [4.78, 5) is 2.34. The van der Waals surface area contributed by atoms with Gasteiger partial charge in [-0.3, -0.25) is 0 Å². The van der Waals surface area contributed by atoms with Crippen LogP contribution in [0.25, 0.3) is 10.3 Å². The van der Waals surface area contributed by atoms with E-state index in [-0.39, 0.29) is 12.4 Å². The van der Waals surface area contributed by atoms with E-state index in [1.54, 1.807) is 11.3 Å². The average molecular weight is 245 g/mol. The van der Waals surface area contributed by atoms with Crippen molar-refractivity contribution in [3.8, 4) is 0 Å². The normalized spacial score (nSPS) is 16.7. The molecule has 1 saturated heterocycles. The van der Waals surface area contributed by atoms with Crippen LogP contribution in [-0.2, 0) is 0 Å². The largest absolute Gasteiger partial charge is 0.353 e. The predicted octanol–water partition coefficient (Wildman–Crippen LogP) is 3.30. The Morgan fingerprint density at radius 2 is 2.07 bits per heavy atom. The lowest BCUT2D eigenvalue weighted by Gasteiger charge is -2.25. The Balaban J connectivity index is 0.000000853. The Morgan fingerprint density at radius 1 is 1.27 bits per heavy atom. The van der Waals surface area contributed by atoms with Gasteiger partial charge in [0.1, 0.15) is 4.70 Å². The fraction of sp³-hybridized carbons (Fsp3) is 0.500. The minimum Gasteiger partial charge on any atom is -0.353 e. The molecule has 0 bridgehead atoms. The summed E-state index contributed by atoms with van der Waals surface area (Å²) in [5, 5.41) is 6.20. The van der Waals surface area contributed by atoms with Crippen LogP contribution in [0.15, 0.2) is 16.0 Å². The zero-order valence-electron chi connectivity index (χ0n) is 8.31. The van der Waals surface area contributed by atoms with Crippen LogP contribution in [0.2, 0.25) is 0 Å². The number of fused-ring (bicyclic) bond motifs is 1. The molecule has 0 atom stereocenters. The summed E-state index contributed by atoms with van der Waals surface area (Å²) in [6.45, 7) is 2.25. The second-order valence-electron chi connectivity index (χ2n) is 3.67. The van der Waals surface area contributed by atoms with E-state index in [4.69, 9.17) is 4.52 Å². The summed E-state index contributed by atoms with van der Waals surface area (Å²) in [7, 11) is 0. The molecule has 1 aliphatic rings. The van der Waals surface area contributed by atoms with Crippen molar-refractivity contribution >= 4 is 39.8 Å². The molecule has 1 aliphatic heterocycles. The van der Waals surface area contributed by atoms with E-state index in [9.17, 15) is 0 Å². The fourth-order valence-electron chi connectivity index (χ4n) is 1.97. The maximum absolute atomic E-state index is 5.26. The minimum absolute atomic E-state index is 0. The van der Waals surface area contributed by atoms with Crippen LogP contribution in [0.1, 0.15) is 19.3 Å². The van der Waals surface area contributed by atoms with Crippen LogP contribution < -0.4 is 4.90 Å². The van der Waals surface area contributed by atoms with Gasteiger partial charge in [-0.1, -0.05) is 5.16 Å². The molecule has 1 fully saturated rings. The molecule has 0 saturated carbocycles. The molecule has 0 aliphatic carbocycles. The zero-order valence-corrected chi connectivity index (χ0v) is 9.94. The summed E-state index contributed by atoms with van der Waals surface area (Å²) < 4.78 is 6.46. The van der Waals surface area contributed by atoms with Gasteiger partial charge in [-0.05, 0) is 30.7 Å². The third-order valence-corrected chi connectivity index (χ3v) is 3.61. The first-order chi connectivity index (χ1) is 6.95. The molecule has 0 N–H and O–H groups in total. The topological polar surface area (TPSA) is 29.3 Å². The van der Waals surface area contributed by atoms with E-state index in [0.29, 0.717) is 0 Å². The van der Waals surface area contributed by atoms with Gasteiger partial charge in [-0.25, -0.2) is 0 Å². The van der Waals surface area contributed by atoms with Gasteiger partial charge in [0.05, 0.1) is 0 Å². The van der Waals surface area contributed by atoms with Gasteiger partial charge in [0.25, 0.3) is 0 Å². The number of hydrogen-bond donors (Lipinski definition) is 0. The second-order valence-corrected chi connectivity index (χ2v) is 4.58. The molecular formula is C10H13ClN2OS. The second kappa shape index (κ2) is 4.41. The number of aromatic nitrogens is 1. The SMILES string of the molecule is Cl.c1cc2onc(N3CCCCC3)c2s1. The highest BCUT2D eigenvalue weighted by Crippen LogP contribution is 2.32. The molecule has 5 heteroatoms. The van der Waals surface area contributed by atoms with Gasteiger partial charge in [0.15, 0.2) is 11.4 Å². The Hall–Kier alpha value is -0.740. The fourth-order valence-corrected chi connectivity index (χ4v) is 2.79. The molecule has 0 radical (unpaired) electrons. The quantitative estimate of drug-likeness (QED) is 0.771. The first-order valence-corrected chi connectivity index (χ1v) is 5.91. The van der Waals surface area contributed by atoms with Crippen molar-refractivity contribution < 1.29 is 4.52 Å². The highest BCUT2D eigenvalue weighted by molar-refractivity contribution is 7.17. The van der Waals surface area contributed by atoms with Gasteiger partial charge >= 0.3 is 0 Å². The molecule has 0 unspecified atom stereocenters. The van der Waals surface area contributed by atoms with Crippen molar-refractivity contribution in [2.24, 2.45) is 0 Å². The van der Waals surface area contributed by atoms with Gasteiger partial charge in [0, 0.05) is 13.1 Å². The number of piperidine rings is 1. The summed E-state index contributed by atoms with van der Waals surface area (Å²) in [6, 6.07) is 1.99. The lowest BCUT2D eigenvalue weighted by Crippen LogP contribution is -2.29. The summed E-state index contributed by atoms with van der Waals surface area (Å²) in [5.41, 5.74) is 0.926. The third kappa shape index (κ3) is 1.84. The molecule has 0 aromatic carbocycles. The maximum Gasteiger partial charge on any atom is 0.190 e. The van der Waals surface area contributed by atoms with E-state index >= 15 is 0 Å². The van der Waals surface area contributed by atoms with Crippen LogP contribution in [0.4, 0.5) is 5.82 Å². The molecule has 15 heavy (non-hydrogen) atoms. The summed E-state index contributed by atoms with van der Waals surface area (Å²) >= 11 is 1.72. The van der Waals surface area contributed by atoms with Crippen LogP contribution in [0.5, 0.6) is 0 Å². The lowest BCUT2D eigenvalue weighted by atomic mass is 10.1. The number of hydrogen-bond acceptors (Lipinski definition) is 4. The smallest absolute Gasteiger partial charge is 0.190 e. The van der Waals surface area contributed by atoms with E-state index in [2.05, 4.69) is 15.4 Å². The summed E-state index contributed by atoms with van der Waals surface area (Å²) in [6.07, 6.45) is 3.90. The number of rotatable bonds is 1. The minimum atomic E-state index is 0. The molecule has 3 nitrogen and oxygen atoms in total. The number of thiophene rings is 1. The Morgan fingerprint density at radius 3 is 2.87 bits per heavy atom. The van der Waals surface area contributed by atoms with Crippen molar-refractivity contribution in [2.75, 3.05) is 18.0 Å². The van der Waals surface area contributed by atoms with Crippen LogP contribution in [0.3, 0.4) is 0 Å². The Bertz CT molecular complexity index is 433. The molecule has 0 spiro atoms. The number of nitrogens with zero attached hydrogens (tertiary/aromatic N) is 2. The Labute approximate surface area is 98.5 Å². The first kappa shape index (κ1) is 10.8. The predicted molar refractivity (Wildman–Crippen MR) is 65.2 cm³/mol. The van der Waals surface area contributed by atoms with Crippen molar-refractivity contribution in [3.63, 3.8) is 0 Å². The number of anilines is 1. The van der Waals surface area contributed by atoms with E-state index in [1.165, 1.54) is 24.0 Å². The van der Waals surface area contributed by atoms with E-state index in [0.717, 1.165) is 24.5 Å². The van der Waals surface area contributed by atoms with Gasteiger partial charge in [-0.15, -0.1) is 23.7 Å². The average Bonchev–Trinajstić information content (AvgIpc) is 2.79. The maximum atomic E-state index is 5.26. The van der Waals surface area contributed by atoms with Gasteiger partial charge in [-0.2, -0.15) is 0 Å². The van der Waals surface area contributed by atoms with Crippen LogP contribution in [-0.4, -0.2) is 18.2 Å².